The Balaban J connectivity index is 0.00000128. The van der Waals surface area contributed by atoms with E-state index in [0.717, 1.165) is 20.5 Å². The van der Waals surface area contributed by atoms with Gasteiger partial charge in [-0.3, -0.25) is 4.79 Å². The van der Waals surface area contributed by atoms with Crippen LogP contribution in [0.25, 0.3) is 10.6 Å². The lowest BCUT2D eigenvalue weighted by Gasteiger charge is -1.95. The highest BCUT2D eigenvalue weighted by molar-refractivity contribution is 8.93. The maximum atomic E-state index is 10.7. The Hall–Kier alpha value is -0.720. The summed E-state index contributed by atoms with van der Waals surface area (Å²) in [6.45, 7) is 1.90. The molecule has 0 atom stereocenters. The molecule has 0 saturated heterocycles. The third-order valence-corrected chi connectivity index (χ3v) is 3.72. The second kappa shape index (κ2) is 5.56. The van der Waals surface area contributed by atoms with Gasteiger partial charge in [0.25, 0.3) is 0 Å². The van der Waals surface area contributed by atoms with Crippen LogP contribution in [-0.4, -0.2) is 16.1 Å². The number of carboxylic acid groups (broad SMARTS) is 1. The van der Waals surface area contributed by atoms with E-state index in [0.29, 0.717) is 0 Å². The molecule has 2 rings (SSSR count). The lowest BCUT2D eigenvalue weighted by atomic mass is 10.2. The molecule has 0 unspecified atom stereocenters. The van der Waals surface area contributed by atoms with Gasteiger partial charge in [0.1, 0.15) is 0 Å². The van der Waals surface area contributed by atoms with Crippen LogP contribution in [-0.2, 0) is 11.2 Å². The maximum Gasteiger partial charge on any atom is 0.308 e. The zero-order valence-corrected chi connectivity index (χ0v) is 11.8. The molecular formula is C10H10BrNO2S2. The zero-order valence-electron chi connectivity index (χ0n) is 8.47. The van der Waals surface area contributed by atoms with Crippen molar-refractivity contribution in [2.75, 3.05) is 0 Å². The molecule has 0 aliphatic heterocycles. The summed E-state index contributed by atoms with van der Waals surface area (Å²) in [5.74, 6) is -0.809. The average molecular weight is 320 g/mol. The molecule has 0 aromatic carbocycles. The van der Waals surface area contributed by atoms with Gasteiger partial charge in [0.05, 0.1) is 22.0 Å². The Bertz CT molecular complexity index is 479. The molecule has 2 heterocycles. The van der Waals surface area contributed by atoms with Gasteiger partial charge in [-0.2, -0.15) is 0 Å². The second-order valence-electron chi connectivity index (χ2n) is 3.05. The van der Waals surface area contributed by atoms with Gasteiger partial charge >= 0.3 is 5.97 Å². The van der Waals surface area contributed by atoms with Gasteiger partial charge < -0.3 is 5.11 Å². The molecule has 0 aliphatic rings. The van der Waals surface area contributed by atoms with Crippen molar-refractivity contribution in [3.63, 3.8) is 0 Å². The van der Waals surface area contributed by atoms with Crippen molar-refractivity contribution in [2.24, 2.45) is 0 Å². The van der Waals surface area contributed by atoms with Gasteiger partial charge in [0.2, 0.25) is 0 Å². The molecule has 6 heteroatoms. The van der Waals surface area contributed by atoms with Crippen LogP contribution in [0.5, 0.6) is 0 Å². The predicted octanol–water partition coefficient (Wildman–Crippen LogP) is 3.39. The lowest BCUT2D eigenvalue weighted by Crippen LogP contribution is -1.98. The number of carboxylic acids is 1. The molecule has 0 bridgehead atoms. The molecule has 0 saturated carbocycles. The molecule has 0 fully saturated rings. The van der Waals surface area contributed by atoms with E-state index in [1.807, 2.05) is 24.4 Å². The van der Waals surface area contributed by atoms with Crippen molar-refractivity contribution in [3.05, 3.63) is 27.4 Å². The SMILES string of the molecule is Br.Cc1nc(-c2cccs2)c(CC(=O)O)s1. The molecule has 0 aliphatic carbocycles. The number of halogens is 1. The van der Waals surface area contributed by atoms with E-state index in [4.69, 9.17) is 5.11 Å². The summed E-state index contributed by atoms with van der Waals surface area (Å²) in [6, 6.07) is 3.91. The molecule has 86 valence electrons. The summed E-state index contributed by atoms with van der Waals surface area (Å²) in [7, 11) is 0. The van der Waals surface area contributed by atoms with Crippen molar-refractivity contribution in [1.82, 2.24) is 4.98 Å². The van der Waals surface area contributed by atoms with Crippen molar-refractivity contribution >= 4 is 45.6 Å². The molecule has 0 radical (unpaired) electrons. The Morgan fingerprint density at radius 1 is 1.56 bits per heavy atom. The number of aliphatic carboxylic acids is 1. The Morgan fingerprint density at radius 3 is 2.88 bits per heavy atom. The fourth-order valence-corrected chi connectivity index (χ4v) is 3.08. The molecule has 0 amide bonds. The highest BCUT2D eigenvalue weighted by atomic mass is 79.9. The summed E-state index contributed by atoms with van der Waals surface area (Å²) in [6.07, 6.45) is 0.0543. The predicted molar refractivity (Wildman–Crippen MR) is 71.8 cm³/mol. The minimum atomic E-state index is -0.809. The first-order valence-electron chi connectivity index (χ1n) is 4.39. The van der Waals surface area contributed by atoms with Crippen LogP contribution in [0.3, 0.4) is 0 Å². The quantitative estimate of drug-likeness (QED) is 0.943. The van der Waals surface area contributed by atoms with E-state index < -0.39 is 5.97 Å². The van der Waals surface area contributed by atoms with Gasteiger partial charge in [-0.05, 0) is 18.4 Å². The highest BCUT2D eigenvalue weighted by Gasteiger charge is 2.14. The number of carbonyl (C=O) groups is 1. The lowest BCUT2D eigenvalue weighted by molar-refractivity contribution is -0.136. The van der Waals surface area contributed by atoms with Crippen LogP contribution in [0.15, 0.2) is 17.5 Å². The number of hydrogen-bond donors (Lipinski definition) is 1. The minimum Gasteiger partial charge on any atom is -0.481 e. The summed E-state index contributed by atoms with van der Waals surface area (Å²) < 4.78 is 0. The van der Waals surface area contributed by atoms with Gasteiger partial charge in [-0.15, -0.1) is 39.7 Å². The largest absolute Gasteiger partial charge is 0.481 e. The normalized spacial score (nSPS) is 9.81. The van der Waals surface area contributed by atoms with Gasteiger partial charge in [-0.1, -0.05) is 6.07 Å². The Labute approximate surface area is 112 Å². The van der Waals surface area contributed by atoms with E-state index >= 15 is 0 Å². The van der Waals surface area contributed by atoms with Crippen LogP contribution < -0.4 is 0 Å². The third-order valence-electron chi connectivity index (χ3n) is 1.87. The fourth-order valence-electron chi connectivity index (χ4n) is 1.33. The number of nitrogens with zero attached hydrogens (tertiary/aromatic N) is 1. The van der Waals surface area contributed by atoms with E-state index in [9.17, 15) is 4.79 Å². The van der Waals surface area contributed by atoms with E-state index in [1.54, 1.807) is 11.3 Å². The first kappa shape index (κ1) is 13.3. The maximum absolute atomic E-state index is 10.7. The number of aryl methyl sites for hydroxylation is 1. The zero-order chi connectivity index (χ0) is 10.8. The van der Waals surface area contributed by atoms with Crippen molar-refractivity contribution in [1.29, 1.82) is 0 Å². The summed E-state index contributed by atoms with van der Waals surface area (Å²) in [5.41, 5.74) is 0.829. The third kappa shape index (κ3) is 2.90. The summed E-state index contributed by atoms with van der Waals surface area (Å²) >= 11 is 3.04. The van der Waals surface area contributed by atoms with Crippen molar-refractivity contribution < 1.29 is 9.90 Å². The van der Waals surface area contributed by atoms with Crippen LogP contribution in [0.1, 0.15) is 9.88 Å². The Kier molecular flexibility index (Phi) is 4.64. The summed E-state index contributed by atoms with van der Waals surface area (Å²) in [4.78, 5) is 16.9. The number of thiazole rings is 1. The smallest absolute Gasteiger partial charge is 0.308 e. The molecule has 16 heavy (non-hydrogen) atoms. The molecule has 2 aromatic heterocycles. The first-order valence-corrected chi connectivity index (χ1v) is 6.08. The van der Waals surface area contributed by atoms with Gasteiger partial charge in [0, 0.05) is 4.88 Å². The average Bonchev–Trinajstić information content (AvgIpc) is 2.72. The Morgan fingerprint density at radius 2 is 2.31 bits per heavy atom. The van der Waals surface area contributed by atoms with Crippen LogP contribution in [0, 0.1) is 6.92 Å². The van der Waals surface area contributed by atoms with E-state index in [2.05, 4.69) is 4.98 Å². The number of hydrogen-bond acceptors (Lipinski definition) is 4. The fraction of sp³-hybridized carbons (Fsp3) is 0.200. The van der Waals surface area contributed by atoms with Crippen molar-refractivity contribution in [3.8, 4) is 10.6 Å². The highest BCUT2D eigenvalue weighted by Crippen LogP contribution is 2.31. The molecular weight excluding hydrogens is 310 g/mol. The standard InChI is InChI=1S/C10H9NO2S2.BrH/c1-6-11-10(7-3-2-4-14-7)8(15-6)5-9(12)13;/h2-4H,5H2,1H3,(H,12,13);1H. The number of thiophene rings is 1. The molecule has 3 nitrogen and oxygen atoms in total. The summed E-state index contributed by atoms with van der Waals surface area (Å²) in [5, 5.41) is 11.7. The minimum absolute atomic E-state index is 0. The van der Waals surface area contributed by atoms with Gasteiger partial charge in [0.15, 0.2) is 0 Å². The van der Waals surface area contributed by atoms with Crippen LogP contribution in [0.4, 0.5) is 0 Å². The van der Waals surface area contributed by atoms with E-state index in [-0.39, 0.29) is 23.4 Å². The second-order valence-corrected chi connectivity index (χ2v) is 5.29. The number of rotatable bonds is 3. The van der Waals surface area contributed by atoms with Gasteiger partial charge in [-0.25, -0.2) is 4.98 Å². The van der Waals surface area contributed by atoms with Crippen molar-refractivity contribution in [2.45, 2.75) is 13.3 Å². The molecule has 1 N–H and O–H groups in total. The topological polar surface area (TPSA) is 50.2 Å². The van der Waals surface area contributed by atoms with Crippen LogP contribution in [0.2, 0.25) is 0 Å². The monoisotopic (exact) mass is 319 g/mol. The number of aromatic nitrogens is 1. The first-order chi connectivity index (χ1) is 7.16. The van der Waals surface area contributed by atoms with Crippen LogP contribution >= 0.6 is 39.7 Å². The van der Waals surface area contributed by atoms with E-state index in [1.165, 1.54) is 11.3 Å². The molecule has 2 aromatic rings. The molecule has 0 spiro atoms.